The van der Waals surface area contributed by atoms with E-state index in [4.69, 9.17) is 10.5 Å². The minimum Gasteiger partial charge on any atom is -0.497 e. The van der Waals surface area contributed by atoms with Crippen molar-refractivity contribution in [2.24, 2.45) is 23.5 Å². The summed E-state index contributed by atoms with van der Waals surface area (Å²) in [7, 11) is 1.71. The lowest BCUT2D eigenvalue weighted by molar-refractivity contribution is 0.284. The van der Waals surface area contributed by atoms with Gasteiger partial charge in [0.25, 0.3) is 0 Å². The highest BCUT2D eigenvalue weighted by Gasteiger charge is 2.42. The number of hydrogen-bond donors (Lipinski definition) is 1. The Morgan fingerprint density at radius 3 is 2.57 bits per heavy atom. The molecule has 0 aliphatic heterocycles. The Morgan fingerprint density at radius 1 is 1.05 bits per heavy atom. The molecule has 0 aromatic heterocycles. The topological polar surface area (TPSA) is 35.2 Å². The van der Waals surface area contributed by atoms with Crippen LogP contribution in [0.4, 0.5) is 0 Å². The number of hydrogen-bond acceptors (Lipinski definition) is 2. The van der Waals surface area contributed by atoms with E-state index in [1.807, 2.05) is 6.07 Å². The molecule has 2 aromatic carbocycles. The van der Waals surface area contributed by atoms with Crippen LogP contribution in [0.5, 0.6) is 5.75 Å². The Labute approximate surface area is 126 Å². The Bertz CT molecular complexity index is 666. The van der Waals surface area contributed by atoms with Crippen molar-refractivity contribution in [2.75, 3.05) is 7.11 Å². The van der Waals surface area contributed by atoms with Gasteiger partial charge in [-0.25, -0.2) is 0 Å². The van der Waals surface area contributed by atoms with Gasteiger partial charge in [0.1, 0.15) is 5.75 Å². The molecule has 4 rings (SSSR count). The highest BCUT2D eigenvalue weighted by molar-refractivity contribution is 5.84. The molecule has 21 heavy (non-hydrogen) atoms. The van der Waals surface area contributed by atoms with Crippen molar-refractivity contribution in [3.8, 4) is 5.75 Å². The van der Waals surface area contributed by atoms with Gasteiger partial charge in [0.2, 0.25) is 0 Å². The first-order chi connectivity index (χ1) is 10.2. The van der Waals surface area contributed by atoms with E-state index in [0.717, 1.165) is 17.6 Å². The number of benzene rings is 2. The first-order valence-electron chi connectivity index (χ1n) is 8.08. The average Bonchev–Trinajstić information content (AvgIpc) is 3.16. The lowest BCUT2D eigenvalue weighted by Gasteiger charge is -2.28. The molecule has 2 aliphatic carbocycles. The summed E-state index contributed by atoms with van der Waals surface area (Å²) in [6, 6.07) is 13.1. The smallest absolute Gasteiger partial charge is 0.119 e. The average molecular weight is 281 g/mol. The van der Waals surface area contributed by atoms with Crippen LogP contribution >= 0.6 is 0 Å². The molecule has 0 saturated heterocycles. The maximum atomic E-state index is 6.61. The monoisotopic (exact) mass is 281 g/mol. The van der Waals surface area contributed by atoms with Crippen molar-refractivity contribution in [2.45, 2.75) is 31.7 Å². The molecule has 110 valence electrons. The van der Waals surface area contributed by atoms with Crippen molar-refractivity contribution in [1.29, 1.82) is 0 Å². The second kappa shape index (κ2) is 5.03. The largest absolute Gasteiger partial charge is 0.497 e. The predicted molar refractivity (Wildman–Crippen MR) is 86.4 cm³/mol. The van der Waals surface area contributed by atoms with E-state index in [-0.39, 0.29) is 6.04 Å². The SMILES string of the molecule is COc1ccc2cc(C(N)C3CC4CCC3C4)ccc2c1. The fourth-order valence-corrected chi connectivity index (χ4v) is 4.56. The highest BCUT2D eigenvalue weighted by atomic mass is 16.5. The third-order valence-corrected chi connectivity index (χ3v) is 5.71. The number of rotatable bonds is 3. The van der Waals surface area contributed by atoms with Crippen LogP contribution in [0.15, 0.2) is 36.4 Å². The van der Waals surface area contributed by atoms with Crippen LogP contribution in [-0.4, -0.2) is 7.11 Å². The maximum Gasteiger partial charge on any atom is 0.119 e. The number of fused-ring (bicyclic) bond motifs is 3. The van der Waals surface area contributed by atoms with Gasteiger partial charge in [-0.1, -0.05) is 24.6 Å². The van der Waals surface area contributed by atoms with E-state index in [1.54, 1.807) is 7.11 Å². The van der Waals surface area contributed by atoms with Crippen LogP contribution < -0.4 is 10.5 Å². The quantitative estimate of drug-likeness (QED) is 0.911. The second-order valence-electron chi connectivity index (χ2n) is 6.84. The molecule has 4 unspecified atom stereocenters. The summed E-state index contributed by atoms with van der Waals surface area (Å²) < 4.78 is 5.29. The second-order valence-corrected chi connectivity index (χ2v) is 6.84. The standard InChI is InChI=1S/C19H23NO/c1-21-17-7-6-13-10-16(5-4-14(13)11-17)19(20)18-9-12-2-3-15(18)8-12/h4-7,10-12,15,18-19H,2-3,8-9,20H2,1H3. The lowest BCUT2D eigenvalue weighted by atomic mass is 9.80. The van der Waals surface area contributed by atoms with Crippen LogP contribution in [0.25, 0.3) is 10.8 Å². The van der Waals surface area contributed by atoms with Gasteiger partial charge in [-0.15, -0.1) is 0 Å². The molecular weight excluding hydrogens is 258 g/mol. The molecule has 2 N–H and O–H groups in total. The van der Waals surface area contributed by atoms with Gasteiger partial charge < -0.3 is 10.5 Å². The van der Waals surface area contributed by atoms with Crippen LogP contribution in [0.1, 0.15) is 37.3 Å². The Hall–Kier alpha value is -1.54. The van der Waals surface area contributed by atoms with Crippen LogP contribution in [-0.2, 0) is 0 Å². The summed E-state index contributed by atoms with van der Waals surface area (Å²) in [6.07, 6.45) is 5.59. The molecule has 0 radical (unpaired) electrons. The summed E-state index contributed by atoms with van der Waals surface area (Å²) in [5, 5.41) is 2.48. The van der Waals surface area contributed by atoms with Gasteiger partial charge in [-0.3, -0.25) is 0 Å². The Balaban J connectivity index is 1.64. The van der Waals surface area contributed by atoms with Crippen LogP contribution in [0.3, 0.4) is 0 Å². The molecule has 2 aliphatic rings. The van der Waals surface area contributed by atoms with E-state index in [2.05, 4.69) is 30.3 Å². The molecule has 2 nitrogen and oxygen atoms in total. The molecule has 2 saturated carbocycles. The third-order valence-electron chi connectivity index (χ3n) is 5.71. The zero-order chi connectivity index (χ0) is 14.4. The zero-order valence-corrected chi connectivity index (χ0v) is 12.6. The van der Waals surface area contributed by atoms with E-state index in [9.17, 15) is 0 Å². The van der Waals surface area contributed by atoms with E-state index < -0.39 is 0 Å². The maximum absolute atomic E-state index is 6.61. The summed E-state index contributed by atoms with van der Waals surface area (Å²) in [5.41, 5.74) is 7.91. The normalized spacial score (nSPS) is 29.0. The van der Waals surface area contributed by atoms with Gasteiger partial charge in [0, 0.05) is 6.04 Å². The Morgan fingerprint density at radius 2 is 1.86 bits per heavy atom. The molecule has 0 heterocycles. The molecule has 4 atom stereocenters. The molecular formula is C19H23NO. The van der Waals surface area contributed by atoms with Crippen molar-refractivity contribution >= 4 is 10.8 Å². The zero-order valence-electron chi connectivity index (χ0n) is 12.6. The first-order valence-corrected chi connectivity index (χ1v) is 8.08. The van der Waals surface area contributed by atoms with E-state index >= 15 is 0 Å². The minimum absolute atomic E-state index is 0.201. The molecule has 2 heteroatoms. The minimum atomic E-state index is 0.201. The molecule has 0 spiro atoms. The fourth-order valence-electron chi connectivity index (χ4n) is 4.56. The number of nitrogens with two attached hydrogens (primary N) is 1. The van der Waals surface area contributed by atoms with Gasteiger partial charge in [-0.2, -0.15) is 0 Å². The van der Waals surface area contributed by atoms with Crippen molar-refractivity contribution in [3.63, 3.8) is 0 Å². The van der Waals surface area contributed by atoms with Gasteiger partial charge in [-0.05, 0) is 71.6 Å². The lowest BCUT2D eigenvalue weighted by Crippen LogP contribution is -2.25. The highest BCUT2D eigenvalue weighted by Crippen LogP contribution is 2.52. The summed E-state index contributed by atoms with van der Waals surface area (Å²) in [6.45, 7) is 0. The summed E-state index contributed by atoms with van der Waals surface area (Å²) in [4.78, 5) is 0. The summed E-state index contributed by atoms with van der Waals surface area (Å²) >= 11 is 0. The molecule has 2 aromatic rings. The van der Waals surface area contributed by atoms with Gasteiger partial charge in [0.05, 0.1) is 7.11 Å². The Kier molecular flexibility index (Phi) is 3.15. The van der Waals surface area contributed by atoms with Crippen molar-refractivity contribution in [1.82, 2.24) is 0 Å². The fraction of sp³-hybridized carbons (Fsp3) is 0.474. The van der Waals surface area contributed by atoms with E-state index in [1.165, 1.54) is 42.0 Å². The van der Waals surface area contributed by atoms with Crippen molar-refractivity contribution < 1.29 is 4.74 Å². The van der Waals surface area contributed by atoms with E-state index in [0.29, 0.717) is 5.92 Å². The van der Waals surface area contributed by atoms with Crippen LogP contribution in [0.2, 0.25) is 0 Å². The van der Waals surface area contributed by atoms with Crippen molar-refractivity contribution in [3.05, 3.63) is 42.0 Å². The summed E-state index contributed by atoms with van der Waals surface area (Å²) in [5.74, 6) is 3.43. The predicted octanol–water partition coefficient (Wildman–Crippen LogP) is 4.28. The number of methoxy groups -OCH3 is 1. The van der Waals surface area contributed by atoms with Crippen LogP contribution in [0, 0.1) is 17.8 Å². The molecule has 2 fully saturated rings. The first kappa shape index (κ1) is 13.1. The van der Waals surface area contributed by atoms with Gasteiger partial charge in [0.15, 0.2) is 0 Å². The third kappa shape index (κ3) is 2.22. The molecule has 0 amide bonds. The number of ether oxygens (including phenoxy) is 1. The van der Waals surface area contributed by atoms with Gasteiger partial charge >= 0.3 is 0 Å². The molecule has 2 bridgehead atoms.